The molecule has 0 atom stereocenters. The van der Waals surface area contributed by atoms with Gasteiger partial charge in [-0.25, -0.2) is 0 Å². The van der Waals surface area contributed by atoms with E-state index >= 15 is 0 Å². The van der Waals surface area contributed by atoms with E-state index in [1.807, 2.05) is 12.1 Å². The Bertz CT molecular complexity index is 159. The Kier molecular flexibility index (Phi) is 4.77. The van der Waals surface area contributed by atoms with Crippen molar-refractivity contribution in [2.24, 2.45) is 0 Å². The standard InChI is InChI=1S/C6H7NO.Na.H/c1-8-6-3-2-4-7-5-6;;/h2-5H,1H3;;/q;+1;-1. The second-order valence-corrected chi connectivity index (χ2v) is 1.39. The molecule has 2 nitrogen and oxygen atoms in total. The number of ether oxygens (including phenoxy) is 1. The maximum absolute atomic E-state index is 4.85. The van der Waals surface area contributed by atoms with Crippen LogP contribution in [0.1, 0.15) is 1.43 Å². The van der Waals surface area contributed by atoms with Gasteiger partial charge < -0.3 is 6.16 Å². The molecule has 0 radical (unpaired) electrons. The normalized spacial score (nSPS) is 7.67. The fourth-order valence-corrected chi connectivity index (χ4v) is 0.468. The van der Waals surface area contributed by atoms with Crippen molar-refractivity contribution in [3.05, 3.63) is 24.5 Å². The van der Waals surface area contributed by atoms with Crippen LogP contribution in [0.25, 0.3) is 0 Å². The Labute approximate surface area is 78.0 Å². The minimum absolute atomic E-state index is 0. The van der Waals surface area contributed by atoms with Gasteiger partial charge in [-0.05, 0) is 12.1 Å². The van der Waals surface area contributed by atoms with Crippen molar-refractivity contribution in [2.75, 3.05) is 7.11 Å². The van der Waals surface area contributed by atoms with Gasteiger partial charge in [0.05, 0.1) is 13.3 Å². The zero-order chi connectivity index (χ0) is 5.82. The maximum atomic E-state index is 4.85. The third-order valence-electron chi connectivity index (χ3n) is 0.870. The summed E-state index contributed by atoms with van der Waals surface area (Å²) in [6.45, 7) is 0. The summed E-state index contributed by atoms with van der Waals surface area (Å²) in [7, 11) is 1.62. The maximum Gasteiger partial charge on any atom is 1.00 e. The molecule has 3 heteroatoms. The van der Waals surface area contributed by atoms with Gasteiger partial charge in [-0.1, -0.05) is 0 Å². The molecule has 0 aromatic carbocycles. The average molecular weight is 133 g/mol. The summed E-state index contributed by atoms with van der Waals surface area (Å²) in [5, 5.41) is 0. The third-order valence-corrected chi connectivity index (χ3v) is 0.870. The summed E-state index contributed by atoms with van der Waals surface area (Å²) in [6, 6.07) is 3.69. The van der Waals surface area contributed by atoms with Crippen molar-refractivity contribution >= 4 is 0 Å². The number of pyridine rings is 1. The van der Waals surface area contributed by atoms with Gasteiger partial charge in [-0.2, -0.15) is 0 Å². The van der Waals surface area contributed by atoms with Gasteiger partial charge in [-0.15, -0.1) is 0 Å². The van der Waals surface area contributed by atoms with Crippen molar-refractivity contribution in [3.8, 4) is 5.75 Å². The molecule has 9 heavy (non-hydrogen) atoms. The molecule has 1 aromatic rings. The zero-order valence-corrected chi connectivity index (χ0v) is 7.66. The van der Waals surface area contributed by atoms with Crippen LogP contribution >= 0.6 is 0 Å². The van der Waals surface area contributed by atoms with Crippen LogP contribution in [-0.4, -0.2) is 12.1 Å². The van der Waals surface area contributed by atoms with E-state index in [0.717, 1.165) is 5.75 Å². The van der Waals surface area contributed by atoms with Gasteiger partial charge in [0.25, 0.3) is 0 Å². The molecule has 0 aliphatic rings. The van der Waals surface area contributed by atoms with Crippen LogP contribution in [0.4, 0.5) is 0 Å². The van der Waals surface area contributed by atoms with Gasteiger partial charge in [0.2, 0.25) is 0 Å². The van der Waals surface area contributed by atoms with Crippen LogP contribution < -0.4 is 34.3 Å². The largest absolute Gasteiger partial charge is 1.00 e. The number of aromatic nitrogens is 1. The molecule has 0 saturated heterocycles. The smallest absolute Gasteiger partial charge is 1.00 e. The fourth-order valence-electron chi connectivity index (χ4n) is 0.468. The Hall–Kier alpha value is -0.0500. The molecule has 0 aliphatic carbocycles. The van der Waals surface area contributed by atoms with E-state index in [9.17, 15) is 0 Å². The molecule has 1 rings (SSSR count). The molecule has 0 amide bonds. The van der Waals surface area contributed by atoms with Gasteiger partial charge in [0.15, 0.2) is 0 Å². The number of hydrogen-bond acceptors (Lipinski definition) is 2. The first-order chi connectivity index (χ1) is 3.93. The minimum atomic E-state index is 0. The average Bonchev–Trinajstić information content (AvgIpc) is 1.90. The van der Waals surface area contributed by atoms with E-state index in [-0.39, 0.29) is 31.0 Å². The Balaban J connectivity index is 0. The topological polar surface area (TPSA) is 22.1 Å². The third kappa shape index (κ3) is 2.84. The SMILES string of the molecule is COc1cccnc1.[H-].[Na+]. The van der Waals surface area contributed by atoms with Crippen LogP contribution in [0.15, 0.2) is 24.5 Å². The molecule has 44 valence electrons. The van der Waals surface area contributed by atoms with Crippen LogP contribution in [0, 0.1) is 0 Å². The molecule has 0 unspecified atom stereocenters. The van der Waals surface area contributed by atoms with Gasteiger partial charge >= 0.3 is 29.6 Å². The van der Waals surface area contributed by atoms with E-state index in [4.69, 9.17) is 4.74 Å². The molecular weight excluding hydrogens is 125 g/mol. The number of nitrogens with zero attached hydrogens (tertiary/aromatic N) is 1. The van der Waals surface area contributed by atoms with Crippen molar-refractivity contribution < 1.29 is 35.7 Å². The van der Waals surface area contributed by atoms with Crippen LogP contribution in [-0.2, 0) is 0 Å². The summed E-state index contributed by atoms with van der Waals surface area (Å²) in [5.74, 6) is 0.799. The van der Waals surface area contributed by atoms with Crippen LogP contribution in [0.2, 0.25) is 0 Å². The van der Waals surface area contributed by atoms with Crippen molar-refractivity contribution in [1.29, 1.82) is 0 Å². The summed E-state index contributed by atoms with van der Waals surface area (Å²) in [6.07, 6.45) is 3.38. The van der Waals surface area contributed by atoms with E-state index in [1.54, 1.807) is 19.5 Å². The predicted molar refractivity (Wildman–Crippen MR) is 31.9 cm³/mol. The number of hydrogen-bond donors (Lipinski definition) is 0. The van der Waals surface area contributed by atoms with Crippen LogP contribution in [0.5, 0.6) is 5.75 Å². The minimum Gasteiger partial charge on any atom is -1.00 e. The van der Waals surface area contributed by atoms with Crippen LogP contribution in [0.3, 0.4) is 0 Å². The molecule has 1 heterocycles. The van der Waals surface area contributed by atoms with E-state index in [2.05, 4.69) is 4.98 Å². The summed E-state index contributed by atoms with van der Waals surface area (Å²) in [4.78, 5) is 3.83. The van der Waals surface area contributed by atoms with E-state index in [0.29, 0.717) is 0 Å². The summed E-state index contributed by atoms with van der Waals surface area (Å²) in [5.41, 5.74) is 0. The summed E-state index contributed by atoms with van der Waals surface area (Å²) >= 11 is 0. The Morgan fingerprint density at radius 2 is 2.44 bits per heavy atom. The quantitative estimate of drug-likeness (QED) is 0.422. The van der Waals surface area contributed by atoms with Gasteiger partial charge in [0, 0.05) is 6.20 Å². The van der Waals surface area contributed by atoms with Crippen molar-refractivity contribution in [1.82, 2.24) is 4.98 Å². The molecule has 1 aromatic heterocycles. The van der Waals surface area contributed by atoms with Crippen molar-refractivity contribution in [3.63, 3.8) is 0 Å². The molecule has 0 bridgehead atoms. The molecule has 0 saturated carbocycles. The Morgan fingerprint density at radius 3 is 2.78 bits per heavy atom. The molecule has 0 spiro atoms. The van der Waals surface area contributed by atoms with E-state index < -0.39 is 0 Å². The second kappa shape index (κ2) is 4.79. The monoisotopic (exact) mass is 133 g/mol. The summed E-state index contributed by atoms with van der Waals surface area (Å²) < 4.78 is 4.85. The first-order valence-electron chi connectivity index (χ1n) is 2.37. The molecular formula is C6H8NNaO. The number of methoxy groups -OCH3 is 1. The molecule has 0 aliphatic heterocycles. The fraction of sp³-hybridized carbons (Fsp3) is 0.167. The first-order valence-corrected chi connectivity index (χ1v) is 2.37. The van der Waals surface area contributed by atoms with Crippen molar-refractivity contribution in [2.45, 2.75) is 0 Å². The zero-order valence-electron chi connectivity index (χ0n) is 6.66. The Morgan fingerprint density at radius 1 is 1.67 bits per heavy atom. The molecule has 0 N–H and O–H groups in total. The van der Waals surface area contributed by atoms with E-state index in [1.165, 1.54) is 0 Å². The van der Waals surface area contributed by atoms with Gasteiger partial charge in [0.1, 0.15) is 5.75 Å². The first kappa shape index (κ1) is 8.95. The number of rotatable bonds is 1. The predicted octanol–water partition coefficient (Wildman–Crippen LogP) is -1.79. The molecule has 0 fully saturated rings. The second-order valence-electron chi connectivity index (χ2n) is 1.39. The van der Waals surface area contributed by atoms with Gasteiger partial charge in [-0.3, -0.25) is 4.98 Å².